The van der Waals surface area contributed by atoms with Crippen LogP contribution in [0, 0.1) is 5.95 Å². The first-order valence-corrected chi connectivity index (χ1v) is 6.15. The van der Waals surface area contributed by atoms with E-state index >= 15 is 0 Å². The lowest BCUT2D eigenvalue weighted by Gasteiger charge is -2.01. The predicted molar refractivity (Wildman–Crippen MR) is 74.6 cm³/mol. The number of pyridine rings is 3. The molecule has 4 nitrogen and oxygen atoms in total. The minimum atomic E-state index is -0.497. The fraction of sp³-hybridized carbons (Fsp3) is 0. The van der Waals surface area contributed by atoms with E-state index in [1.54, 1.807) is 24.7 Å². The summed E-state index contributed by atoms with van der Waals surface area (Å²) >= 11 is 0. The van der Waals surface area contributed by atoms with Gasteiger partial charge in [-0.25, -0.2) is 4.98 Å². The SMILES string of the molecule is Fc1cc(-c2cnc3c(c2)[nH]c2ccncc23)ccn1. The highest BCUT2D eigenvalue weighted by Crippen LogP contribution is 2.27. The van der Waals surface area contributed by atoms with Gasteiger partial charge < -0.3 is 4.98 Å². The van der Waals surface area contributed by atoms with Gasteiger partial charge in [0.2, 0.25) is 5.95 Å². The molecule has 0 saturated carbocycles. The molecule has 0 amide bonds. The van der Waals surface area contributed by atoms with Crippen molar-refractivity contribution in [2.45, 2.75) is 0 Å². The Bertz CT molecular complexity index is 929. The van der Waals surface area contributed by atoms with E-state index in [9.17, 15) is 4.39 Å². The average molecular weight is 264 g/mol. The van der Waals surface area contributed by atoms with E-state index in [1.807, 2.05) is 12.1 Å². The summed E-state index contributed by atoms with van der Waals surface area (Å²) in [6.07, 6.45) is 6.70. The fourth-order valence-electron chi connectivity index (χ4n) is 2.35. The number of hydrogen-bond acceptors (Lipinski definition) is 3. The summed E-state index contributed by atoms with van der Waals surface area (Å²) in [4.78, 5) is 15.4. The molecule has 4 rings (SSSR count). The van der Waals surface area contributed by atoms with Crippen LogP contribution in [-0.2, 0) is 0 Å². The van der Waals surface area contributed by atoms with Gasteiger partial charge >= 0.3 is 0 Å². The summed E-state index contributed by atoms with van der Waals surface area (Å²) in [6.45, 7) is 0. The molecule has 0 spiro atoms. The van der Waals surface area contributed by atoms with Crippen LogP contribution in [0.4, 0.5) is 4.39 Å². The van der Waals surface area contributed by atoms with Crippen molar-refractivity contribution in [3.05, 3.63) is 55.0 Å². The van der Waals surface area contributed by atoms with Crippen LogP contribution >= 0.6 is 0 Å². The highest BCUT2D eigenvalue weighted by atomic mass is 19.1. The molecule has 0 aliphatic rings. The molecule has 0 fully saturated rings. The second-order valence-electron chi connectivity index (χ2n) is 4.53. The Balaban J connectivity index is 1.97. The number of hydrogen-bond donors (Lipinski definition) is 1. The van der Waals surface area contributed by atoms with Crippen molar-refractivity contribution in [3.63, 3.8) is 0 Å². The Morgan fingerprint density at radius 1 is 0.900 bits per heavy atom. The second kappa shape index (κ2) is 4.09. The second-order valence-corrected chi connectivity index (χ2v) is 4.53. The molecule has 5 heteroatoms. The quantitative estimate of drug-likeness (QED) is 0.536. The number of halogens is 1. The molecule has 0 aliphatic carbocycles. The van der Waals surface area contributed by atoms with Crippen LogP contribution in [0.15, 0.2) is 49.1 Å². The largest absolute Gasteiger partial charge is 0.353 e. The highest BCUT2D eigenvalue weighted by molar-refractivity contribution is 6.05. The Hall–Kier alpha value is -2.82. The van der Waals surface area contributed by atoms with E-state index in [4.69, 9.17) is 0 Å². The van der Waals surface area contributed by atoms with Crippen LogP contribution in [0.3, 0.4) is 0 Å². The molecule has 0 bridgehead atoms. The molecule has 0 atom stereocenters. The molecule has 4 aromatic rings. The lowest BCUT2D eigenvalue weighted by atomic mass is 10.1. The number of aromatic nitrogens is 4. The van der Waals surface area contributed by atoms with Gasteiger partial charge in [0.15, 0.2) is 0 Å². The van der Waals surface area contributed by atoms with Crippen molar-refractivity contribution in [1.29, 1.82) is 0 Å². The Labute approximate surface area is 113 Å². The van der Waals surface area contributed by atoms with Gasteiger partial charge in [-0.1, -0.05) is 0 Å². The number of rotatable bonds is 1. The van der Waals surface area contributed by atoms with E-state index in [-0.39, 0.29) is 0 Å². The van der Waals surface area contributed by atoms with Crippen molar-refractivity contribution in [3.8, 4) is 11.1 Å². The van der Waals surface area contributed by atoms with Crippen LogP contribution in [0.25, 0.3) is 33.1 Å². The first-order valence-electron chi connectivity index (χ1n) is 6.15. The van der Waals surface area contributed by atoms with Crippen LogP contribution in [-0.4, -0.2) is 19.9 Å². The zero-order chi connectivity index (χ0) is 13.5. The normalized spacial score (nSPS) is 11.2. The summed E-state index contributed by atoms with van der Waals surface area (Å²) in [5, 5.41) is 0.981. The zero-order valence-corrected chi connectivity index (χ0v) is 10.3. The number of nitrogens with zero attached hydrogens (tertiary/aromatic N) is 3. The number of fused-ring (bicyclic) bond motifs is 3. The molecule has 96 valence electrons. The molecular formula is C15H9FN4. The third-order valence-corrected chi connectivity index (χ3v) is 3.29. The van der Waals surface area contributed by atoms with Crippen LogP contribution in [0.2, 0.25) is 0 Å². The molecule has 0 aromatic carbocycles. The zero-order valence-electron chi connectivity index (χ0n) is 10.3. The number of H-pyrrole nitrogens is 1. The fourth-order valence-corrected chi connectivity index (χ4v) is 2.35. The van der Waals surface area contributed by atoms with Gasteiger partial charge in [-0.3, -0.25) is 9.97 Å². The third-order valence-electron chi connectivity index (χ3n) is 3.29. The standard InChI is InChI=1S/C15H9FN4/c16-14-6-9(1-4-18-14)10-5-13-15(19-7-10)11-8-17-3-2-12(11)20-13/h1-8,20H. The van der Waals surface area contributed by atoms with Crippen molar-refractivity contribution in [2.24, 2.45) is 0 Å². The van der Waals surface area contributed by atoms with E-state index in [1.165, 1.54) is 12.3 Å². The molecule has 0 unspecified atom stereocenters. The summed E-state index contributed by atoms with van der Waals surface area (Å²) in [6, 6.07) is 7.02. The monoisotopic (exact) mass is 264 g/mol. The molecule has 4 aromatic heterocycles. The lowest BCUT2D eigenvalue weighted by molar-refractivity contribution is 0.584. The Kier molecular flexibility index (Phi) is 2.26. The molecule has 0 aliphatic heterocycles. The van der Waals surface area contributed by atoms with Gasteiger partial charge in [-0.05, 0) is 23.8 Å². The first kappa shape index (κ1) is 11.0. The molecule has 0 saturated heterocycles. The van der Waals surface area contributed by atoms with Crippen LogP contribution < -0.4 is 0 Å². The summed E-state index contributed by atoms with van der Waals surface area (Å²) in [7, 11) is 0. The number of aromatic amines is 1. The van der Waals surface area contributed by atoms with E-state index < -0.39 is 5.95 Å². The van der Waals surface area contributed by atoms with Crippen molar-refractivity contribution in [1.82, 2.24) is 19.9 Å². The minimum absolute atomic E-state index is 0.497. The molecular weight excluding hydrogens is 255 g/mol. The van der Waals surface area contributed by atoms with Gasteiger partial charge in [-0.2, -0.15) is 4.39 Å². The molecule has 0 radical (unpaired) electrons. The van der Waals surface area contributed by atoms with Gasteiger partial charge in [0.25, 0.3) is 0 Å². The van der Waals surface area contributed by atoms with Crippen molar-refractivity contribution < 1.29 is 4.39 Å². The molecule has 4 heterocycles. The van der Waals surface area contributed by atoms with Crippen LogP contribution in [0.1, 0.15) is 0 Å². The topological polar surface area (TPSA) is 54.5 Å². The minimum Gasteiger partial charge on any atom is -0.353 e. The third kappa shape index (κ3) is 1.64. The van der Waals surface area contributed by atoms with Gasteiger partial charge in [0.1, 0.15) is 0 Å². The van der Waals surface area contributed by atoms with Crippen molar-refractivity contribution in [2.75, 3.05) is 0 Å². The first-order chi connectivity index (χ1) is 9.81. The van der Waals surface area contributed by atoms with Crippen LogP contribution in [0.5, 0.6) is 0 Å². The maximum Gasteiger partial charge on any atom is 0.213 e. The Morgan fingerprint density at radius 2 is 1.85 bits per heavy atom. The smallest absolute Gasteiger partial charge is 0.213 e. The Morgan fingerprint density at radius 3 is 2.75 bits per heavy atom. The molecule has 1 N–H and O–H groups in total. The van der Waals surface area contributed by atoms with E-state index in [0.29, 0.717) is 0 Å². The van der Waals surface area contributed by atoms with E-state index in [0.717, 1.165) is 33.1 Å². The van der Waals surface area contributed by atoms with Gasteiger partial charge in [0, 0.05) is 41.8 Å². The lowest BCUT2D eigenvalue weighted by Crippen LogP contribution is -1.85. The maximum absolute atomic E-state index is 13.2. The average Bonchev–Trinajstić information content (AvgIpc) is 2.85. The number of nitrogens with one attached hydrogen (secondary N) is 1. The predicted octanol–water partition coefficient (Wildman–Crippen LogP) is 3.31. The summed E-state index contributed by atoms with van der Waals surface area (Å²) in [5.41, 5.74) is 4.36. The maximum atomic E-state index is 13.2. The van der Waals surface area contributed by atoms with Gasteiger partial charge in [-0.15, -0.1) is 0 Å². The summed E-state index contributed by atoms with van der Waals surface area (Å²) in [5.74, 6) is -0.497. The highest BCUT2D eigenvalue weighted by Gasteiger charge is 2.07. The summed E-state index contributed by atoms with van der Waals surface area (Å²) < 4.78 is 13.2. The van der Waals surface area contributed by atoms with Gasteiger partial charge in [0.05, 0.1) is 16.6 Å². The van der Waals surface area contributed by atoms with Crippen molar-refractivity contribution >= 4 is 21.9 Å². The molecule has 20 heavy (non-hydrogen) atoms. The van der Waals surface area contributed by atoms with E-state index in [2.05, 4.69) is 19.9 Å².